The summed E-state index contributed by atoms with van der Waals surface area (Å²) in [5.41, 5.74) is 6.92. The van der Waals surface area contributed by atoms with Gasteiger partial charge in [0.2, 0.25) is 11.8 Å². The lowest BCUT2D eigenvalue weighted by molar-refractivity contribution is -0.122. The van der Waals surface area contributed by atoms with Crippen LogP contribution in [0.2, 0.25) is 0 Å². The number of amides is 2. The Morgan fingerprint density at radius 2 is 1.81 bits per heavy atom. The number of aromatic nitrogens is 2. The third kappa shape index (κ3) is 3.52. The van der Waals surface area contributed by atoms with Crippen molar-refractivity contribution in [1.29, 1.82) is 0 Å². The van der Waals surface area contributed by atoms with Crippen LogP contribution in [-0.2, 0) is 22.4 Å². The zero-order chi connectivity index (χ0) is 21.5. The Bertz CT molecular complexity index is 1170. The maximum absolute atomic E-state index is 13.0. The fourth-order valence-corrected chi connectivity index (χ4v) is 4.73. The Balaban J connectivity index is 1.33. The van der Waals surface area contributed by atoms with E-state index in [0.717, 1.165) is 41.3 Å². The molecule has 2 aromatic carbocycles. The molecule has 2 heterocycles. The van der Waals surface area contributed by atoms with Crippen LogP contribution in [0.5, 0.6) is 0 Å². The molecule has 31 heavy (non-hydrogen) atoms. The minimum absolute atomic E-state index is 0.00604. The van der Waals surface area contributed by atoms with Crippen LogP contribution in [-0.4, -0.2) is 28.1 Å². The lowest BCUT2D eigenvalue weighted by Gasteiger charge is -2.18. The van der Waals surface area contributed by atoms with E-state index in [1.165, 1.54) is 17.5 Å². The van der Waals surface area contributed by atoms with Gasteiger partial charge in [-0.15, -0.1) is 0 Å². The van der Waals surface area contributed by atoms with E-state index in [1.807, 2.05) is 54.9 Å². The zero-order valence-corrected chi connectivity index (χ0v) is 17.9. The molecule has 2 amide bonds. The number of rotatable bonds is 4. The van der Waals surface area contributed by atoms with Gasteiger partial charge >= 0.3 is 0 Å². The molecule has 6 heteroatoms. The summed E-state index contributed by atoms with van der Waals surface area (Å²) in [7, 11) is 0. The average molecular weight is 415 g/mol. The second-order valence-corrected chi connectivity index (χ2v) is 8.49. The van der Waals surface area contributed by atoms with Crippen LogP contribution >= 0.6 is 0 Å². The molecular weight excluding hydrogens is 388 g/mol. The van der Waals surface area contributed by atoms with Crippen LogP contribution < -0.4 is 10.2 Å². The molecule has 3 aromatic rings. The molecular formula is C25H26N4O2. The first-order chi connectivity index (χ1) is 15.0. The Kier molecular flexibility index (Phi) is 4.85. The SMILES string of the molecule is Cc1nn(-c2ccccc2)c(C)c1NC(=O)[C@@H]1CC(=O)N(c2ccc3c(c2)CCC3)C1. The monoisotopic (exact) mass is 414 g/mol. The van der Waals surface area contributed by atoms with Crippen LogP contribution in [0.15, 0.2) is 48.5 Å². The summed E-state index contributed by atoms with van der Waals surface area (Å²) in [5, 5.41) is 7.64. The number of hydrogen-bond acceptors (Lipinski definition) is 3. The van der Waals surface area contributed by atoms with Gasteiger partial charge in [0.25, 0.3) is 0 Å². The largest absolute Gasteiger partial charge is 0.323 e. The van der Waals surface area contributed by atoms with Gasteiger partial charge < -0.3 is 10.2 Å². The molecule has 2 aliphatic rings. The lowest BCUT2D eigenvalue weighted by atomic mass is 10.1. The highest BCUT2D eigenvalue weighted by Gasteiger charge is 2.36. The van der Waals surface area contributed by atoms with Crippen LogP contribution in [0.25, 0.3) is 5.69 Å². The Morgan fingerprint density at radius 3 is 2.61 bits per heavy atom. The molecule has 1 fully saturated rings. The summed E-state index contributed by atoms with van der Waals surface area (Å²) in [4.78, 5) is 27.5. The molecule has 0 bridgehead atoms. The van der Waals surface area contributed by atoms with Crippen molar-refractivity contribution in [3.63, 3.8) is 0 Å². The van der Waals surface area contributed by atoms with Crippen molar-refractivity contribution in [2.24, 2.45) is 5.92 Å². The molecule has 0 unspecified atom stereocenters. The number of carbonyl (C=O) groups excluding carboxylic acids is 2. The van der Waals surface area contributed by atoms with E-state index >= 15 is 0 Å². The number of nitrogens with zero attached hydrogens (tertiary/aromatic N) is 3. The van der Waals surface area contributed by atoms with Gasteiger partial charge in [-0.05, 0) is 68.5 Å². The van der Waals surface area contributed by atoms with Gasteiger partial charge in [0.1, 0.15) is 0 Å². The fourth-order valence-electron chi connectivity index (χ4n) is 4.73. The molecule has 1 aromatic heterocycles. The van der Waals surface area contributed by atoms with Gasteiger partial charge in [-0.2, -0.15) is 5.10 Å². The molecule has 1 atom stereocenters. The summed E-state index contributed by atoms with van der Waals surface area (Å²) in [6.45, 7) is 4.24. The van der Waals surface area contributed by atoms with Gasteiger partial charge in [-0.3, -0.25) is 9.59 Å². The van der Waals surface area contributed by atoms with Crippen molar-refractivity contribution in [2.75, 3.05) is 16.8 Å². The predicted octanol–water partition coefficient (Wildman–Crippen LogP) is 3.97. The molecule has 158 valence electrons. The molecule has 1 aliphatic carbocycles. The Hall–Kier alpha value is -3.41. The number of fused-ring (bicyclic) bond motifs is 1. The standard InChI is InChI=1S/C25H26N4O2/c1-16-24(17(2)29(27-16)21-9-4-3-5-10-21)26-25(31)20-14-23(30)28(15-20)22-12-11-18-7-6-8-19(18)13-22/h3-5,9-13,20H,6-8,14-15H2,1-2H3,(H,26,31)/t20-/m1/s1. The zero-order valence-electron chi connectivity index (χ0n) is 17.9. The second-order valence-electron chi connectivity index (χ2n) is 8.49. The first kappa shape index (κ1) is 19.5. The number of anilines is 2. The number of aryl methyl sites for hydroxylation is 3. The van der Waals surface area contributed by atoms with Crippen LogP contribution in [0.4, 0.5) is 11.4 Å². The molecule has 1 saturated heterocycles. The van der Waals surface area contributed by atoms with E-state index in [2.05, 4.69) is 22.5 Å². The van der Waals surface area contributed by atoms with Crippen molar-refractivity contribution < 1.29 is 9.59 Å². The van der Waals surface area contributed by atoms with Gasteiger partial charge in [0.15, 0.2) is 0 Å². The van der Waals surface area contributed by atoms with Crippen LogP contribution in [0.1, 0.15) is 35.4 Å². The molecule has 1 N–H and O–H groups in total. The maximum atomic E-state index is 13.0. The normalized spacial score (nSPS) is 17.8. The molecule has 6 nitrogen and oxygen atoms in total. The van der Waals surface area contributed by atoms with Crippen molar-refractivity contribution in [3.05, 3.63) is 71.0 Å². The van der Waals surface area contributed by atoms with E-state index in [0.29, 0.717) is 6.54 Å². The number of nitrogens with one attached hydrogen (secondary N) is 1. The molecule has 0 spiro atoms. The van der Waals surface area contributed by atoms with Gasteiger partial charge in [-0.25, -0.2) is 4.68 Å². The highest BCUT2D eigenvalue weighted by molar-refractivity contribution is 6.03. The van der Waals surface area contributed by atoms with Crippen molar-refractivity contribution in [2.45, 2.75) is 39.5 Å². The number of carbonyl (C=O) groups is 2. The van der Waals surface area contributed by atoms with Crippen LogP contribution in [0.3, 0.4) is 0 Å². The maximum Gasteiger partial charge on any atom is 0.229 e. The summed E-state index contributed by atoms with van der Waals surface area (Å²) >= 11 is 0. The van der Waals surface area contributed by atoms with E-state index in [9.17, 15) is 9.59 Å². The summed E-state index contributed by atoms with van der Waals surface area (Å²) in [6.07, 6.45) is 3.59. The number of benzene rings is 2. The first-order valence-corrected chi connectivity index (χ1v) is 10.9. The molecule has 0 saturated carbocycles. The second kappa shape index (κ2) is 7.69. The van der Waals surface area contributed by atoms with E-state index in [1.54, 1.807) is 4.90 Å². The summed E-state index contributed by atoms with van der Waals surface area (Å²) in [6, 6.07) is 16.1. The fraction of sp³-hybridized carbons (Fsp3) is 0.320. The quantitative estimate of drug-likeness (QED) is 0.702. The predicted molar refractivity (Wildman–Crippen MR) is 121 cm³/mol. The third-order valence-corrected chi connectivity index (χ3v) is 6.43. The Labute approximate surface area is 181 Å². The molecule has 0 radical (unpaired) electrons. The number of para-hydroxylation sites is 1. The summed E-state index contributed by atoms with van der Waals surface area (Å²) in [5.74, 6) is -0.498. The third-order valence-electron chi connectivity index (χ3n) is 6.43. The van der Waals surface area contributed by atoms with Crippen molar-refractivity contribution in [1.82, 2.24) is 9.78 Å². The first-order valence-electron chi connectivity index (χ1n) is 10.9. The van der Waals surface area contributed by atoms with E-state index in [-0.39, 0.29) is 24.2 Å². The van der Waals surface area contributed by atoms with Gasteiger partial charge in [0, 0.05) is 18.7 Å². The van der Waals surface area contributed by atoms with Gasteiger partial charge in [0.05, 0.1) is 28.7 Å². The highest BCUT2D eigenvalue weighted by Crippen LogP contribution is 2.31. The average Bonchev–Trinajstić information content (AvgIpc) is 3.47. The van der Waals surface area contributed by atoms with Gasteiger partial charge in [-0.1, -0.05) is 24.3 Å². The van der Waals surface area contributed by atoms with E-state index in [4.69, 9.17) is 0 Å². The minimum Gasteiger partial charge on any atom is -0.323 e. The Morgan fingerprint density at radius 1 is 1.03 bits per heavy atom. The number of hydrogen-bond donors (Lipinski definition) is 1. The van der Waals surface area contributed by atoms with E-state index < -0.39 is 0 Å². The highest BCUT2D eigenvalue weighted by atomic mass is 16.2. The van der Waals surface area contributed by atoms with Crippen molar-refractivity contribution >= 4 is 23.2 Å². The molecule has 1 aliphatic heterocycles. The molecule has 5 rings (SSSR count). The van der Waals surface area contributed by atoms with Crippen LogP contribution in [0, 0.1) is 19.8 Å². The summed E-state index contributed by atoms with van der Waals surface area (Å²) < 4.78 is 1.83. The lowest BCUT2D eigenvalue weighted by Crippen LogP contribution is -2.28. The van der Waals surface area contributed by atoms with Crippen molar-refractivity contribution in [3.8, 4) is 5.69 Å². The minimum atomic E-state index is -0.375. The smallest absolute Gasteiger partial charge is 0.229 e. The topological polar surface area (TPSA) is 67.2 Å².